The average molecular weight is 421 g/mol. The fourth-order valence-corrected chi connectivity index (χ4v) is 4.68. The van der Waals surface area contributed by atoms with Crippen LogP contribution in [0.1, 0.15) is 24.0 Å². The van der Waals surface area contributed by atoms with Crippen LogP contribution >= 0.6 is 0 Å². The predicted molar refractivity (Wildman–Crippen MR) is 119 cm³/mol. The molecule has 1 atom stereocenters. The smallest absolute Gasteiger partial charge is 0.240 e. The monoisotopic (exact) mass is 420 g/mol. The third-order valence-electron chi connectivity index (χ3n) is 5.12. The summed E-state index contributed by atoms with van der Waals surface area (Å²) in [4.78, 5) is 3.51. The van der Waals surface area contributed by atoms with Crippen molar-refractivity contribution in [3.05, 3.63) is 96.2 Å². The summed E-state index contributed by atoms with van der Waals surface area (Å²) >= 11 is 0. The highest BCUT2D eigenvalue weighted by atomic mass is 32.2. The van der Waals surface area contributed by atoms with E-state index in [2.05, 4.69) is 15.8 Å². The minimum Gasteiger partial charge on any atom is -0.494 e. The largest absolute Gasteiger partial charge is 0.494 e. The van der Waals surface area contributed by atoms with Crippen molar-refractivity contribution < 1.29 is 13.2 Å². The summed E-state index contributed by atoms with van der Waals surface area (Å²) in [6.45, 7) is 2.68. The molecule has 4 aromatic rings. The minimum absolute atomic E-state index is 0.125. The van der Waals surface area contributed by atoms with Gasteiger partial charge in [0.2, 0.25) is 10.0 Å². The van der Waals surface area contributed by atoms with Gasteiger partial charge in [0.05, 0.1) is 11.5 Å². The lowest BCUT2D eigenvalue weighted by molar-refractivity contribution is 0.340. The van der Waals surface area contributed by atoms with Crippen LogP contribution in [0.4, 0.5) is 0 Å². The molecule has 154 valence electrons. The molecule has 0 aliphatic carbocycles. The second-order valence-electron chi connectivity index (χ2n) is 7.01. The maximum atomic E-state index is 12.9. The zero-order valence-electron chi connectivity index (χ0n) is 16.7. The van der Waals surface area contributed by atoms with E-state index in [9.17, 15) is 8.42 Å². The Labute approximate surface area is 176 Å². The Morgan fingerprint density at radius 2 is 1.63 bits per heavy atom. The lowest BCUT2D eigenvalue weighted by Gasteiger charge is -2.18. The molecule has 0 aliphatic heterocycles. The lowest BCUT2D eigenvalue weighted by Crippen LogP contribution is -2.29. The van der Waals surface area contributed by atoms with Crippen LogP contribution in [0.2, 0.25) is 0 Å². The van der Waals surface area contributed by atoms with Crippen LogP contribution in [0.25, 0.3) is 10.9 Å². The van der Waals surface area contributed by atoms with Crippen LogP contribution < -0.4 is 9.46 Å². The van der Waals surface area contributed by atoms with Crippen LogP contribution in [0, 0.1) is 0 Å². The summed E-state index contributed by atoms with van der Waals surface area (Å²) in [6, 6.07) is 24.5. The second kappa shape index (κ2) is 8.73. The molecule has 0 spiro atoms. The van der Waals surface area contributed by atoms with E-state index in [0.717, 1.165) is 22.0 Å². The molecule has 0 bridgehead atoms. The van der Waals surface area contributed by atoms with Gasteiger partial charge in [0, 0.05) is 29.6 Å². The number of fused-ring (bicyclic) bond motifs is 1. The molecule has 0 aliphatic rings. The highest BCUT2D eigenvalue weighted by Crippen LogP contribution is 2.31. The van der Waals surface area contributed by atoms with Crippen molar-refractivity contribution in [2.45, 2.75) is 17.7 Å². The first-order valence-electron chi connectivity index (χ1n) is 9.92. The molecule has 0 saturated carbocycles. The normalized spacial score (nSPS) is 12.7. The number of aromatic nitrogens is 1. The second-order valence-corrected chi connectivity index (χ2v) is 8.78. The molecular weight excluding hydrogens is 396 g/mol. The third-order valence-corrected chi connectivity index (χ3v) is 6.56. The third kappa shape index (κ3) is 4.25. The molecule has 0 unspecified atom stereocenters. The first-order chi connectivity index (χ1) is 14.6. The summed E-state index contributed by atoms with van der Waals surface area (Å²) in [5, 5.41) is 1.09. The number of H-pyrrole nitrogens is 1. The van der Waals surface area contributed by atoms with Crippen LogP contribution in [0.15, 0.2) is 90.0 Å². The number of rotatable bonds is 8. The van der Waals surface area contributed by atoms with Crippen molar-refractivity contribution in [2.75, 3.05) is 13.2 Å². The molecule has 0 amide bonds. The zero-order chi connectivity index (χ0) is 21.0. The zero-order valence-corrected chi connectivity index (χ0v) is 17.5. The van der Waals surface area contributed by atoms with E-state index in [1.165, 1.54) is 0 Å². The Bertz CT molecular complexity index is 1220. The van der Waals surface area contributed by atoms with Crippen molar-refractivity contribution in [1.29, 1.82) is 0 Å². The number of para-hydroxylation sites is 1. The summed E-state index contributed by atoms with van der Waals surface area (Å²) in [5.41, 5.74) is 3.14. The van der Waals surface area contributed by atoms with Gasteiger partial charge in [0.1, 0.15) is 5.75 Å². The number of ether oxygens (including phenoxy) is 1. The number of aromatic amines is 1. The molecule has 4 rings (SSSR count). The van der Waals surface area contributed by atoms with Gasteiger partial charge in [-0.25, -0.2) is 13.1 Å². The van der Waals surface area contributed by atoms with Crippen LogP contribution in [-0.2, 0) is 10.0 Å². The maximum absolute atomic E-state index is 12.9. The molecule has 0 saturated heterocycles. The van der Waals surface area contributed by atoms with Crippen molar-refractivity contribution in [3.8, 4) is 5.75 Å². The molecule has 2 N–H and O–H groups in total. The quantitative estimate of drug-likeness (QED) is 0.435. The average Bonchev–Trinajstić information content (AvgIpc) is 3.19. The molecule has 30 heavy (non-hydrogen) atoms. The van der Waals surface area contributed by atoms with E-state index < -0.39 is 10.0 Å². The SMILES string of the molecule is CCOc1ccc(S(=O)(=O)NC[C@@H](c2ccccc2)c2c[nH]c3ccccc23)cc1. The topological polar surface area (TPSA) is 71.2 Å². The van der Waals surface area contributed by atoms with Gasteiger partial charge in [0.15, 0.2) is 0 Å². The molecular formula is C24H24N2O3S. The van der Waals surface area contributed by atoms with Gasteiger partial charge in [-0.3, -0.25) is 0 Å². The fraction of sp³-hybridized carbons (Fsp3) is 0.167. The Hall–Kier alpha value is -3.09. The van der Waals surface area contributed by atoms with Gasteiger partial charge in [-0.05, 0) is 48.4 Å². The fourth-order valence-electron chi connectivity index (χ4n) is 3.63. The van der Waals surface area contributed by atoms with E-state index in [4.69, 9.17) is 4.74 Å². The molecule has 0 radical (unpaired) electrons. The summed E-state index contributed by atoms with van der Waals surface area (Å²) in [7, 11) is -3.66. The van der Waals surface area contributed by atoms with Crippen molar-refractivity contribution in [1.82, 2.24) is 9.71 Å². The van der Waals surface area contributed by atoms with Crippen molar-refractivity contribution >= 4 is 20.9 Å². The molecule has 1 heterocycles. The van der Waals surface area contributed by atoms with E-state index in [1.54, 1.807) is 24.3 Å². The summed E-state index contributed by atoms with van der Waals surface area (Å²) in [6.07, 6.45) is 1.97. The molecule has 1 aromatic heterocycles. The Balaban J connectivity index is 1.62. The number of nitrogens with one attached hydrogen (secondary N) is 2. The minimum atomic E-state index is -3.66. The lowest BCUT2D eigenvalue weighted by atomic mass is 9.91. The number of hydrogen-bond acceptors (Lipinski definition) is 3. The van der Waals surface area contributed by atoms with Gasteiger partial charge in [0.25, 0.3) is 0 Å². The number of benzene rings is 3. The number of hydrogen-bond donors (Lipinski definition) is 2. The van der Waals surface area contributed by atoms with Gasteiger partial charge >= 0.3 is 0 Å². The van der Waals surface area contributed by atoms with Gasteiger partial charge < -0.3 is 9.72 Å². The van der Waals surface area contributed by atoms with Crippen molar-refractivity contribution in [3.63, 3.8) is 0 Å². The highest BCUT2D eigenvalue weighted by Gasteiger charge is 2.22. The summed E-state index contributed by atoms with van der Waals surface area (Å²) < 4.78 is 34.0. The van der Waals surface area contributed by atoms with E-state index >= 15 is 0 Å². The molecule has 6 heteroatoms. The van der Waals surface area contributed by atoms with Crippen LogP contribution in [0.5, 0.6) is 5.75 Å². The van der Waals surface area contributed by atoms with Gasteiger partial charge in [-0.15, -0.1) is 0 Å². The Kier molecular flexibility index (Phi) is 5.88. The molecule has 5 nitrogen and oxygen atoms in total. The maximum Gasteiger partial charge on any atom is 0.240 e. The van der Waals surface area contributed by atoms with E-state index in [1.807, 2.05) is 61.7 Å². The van der Waals surface area contributed by atoms with Gasteiger partial charge in [-0.2, -0.15) is 0 Å². The molecule has 0 fully saturated rings. The first-order valence-corrected chi connectivity index (χ1v) is 11.4. The summed E-state index contributed by atoms with van der Waals surface area (Å²) in [5.74, 6) is 0.525. The van der Waals surface area contributed by atoms with E-state index in [-0.39, 0.29) is 17.4 Å². The van der Waals surface area contributed by atoms with Crippen LogP contribution in [0.3, 0.4) is 0 Å². The van der Waals surface area contributed by atoms with Crippen molar-refractivity contribution in [2.24, 2.45) is 0 Å². The first kappa shape index (κ1) is 20.2. The Morgan fingerprint density at radius 3 is 2.37 bits per heavy atom. The Morgan fingerprint density at radius 1 is 0.933 bits per heavy atom. The highest BCUT2D eigenvalue weighted by molar-refractivity contribution is 7.89. The van der Waals surface area contributed by atoms with E-state index in [0.29, 0.717) is 12.4 Å². The standard InChI is InChI=1S/C24H24N2O3S/c1-2-29-19-12-14-20(15-13-19)30(27,28)26-17-22(18-8-4-3-5-9-18)23-16-25-24-11-7-6-10-21(23)24/h3-16,22,25-26H,2,17H2,1H3/t22-/m0/s1. The van der Waals surface area contributed by atoms with Gasteiger partial charge in [-0.1, -0.05) is 48.5 Å². The number of sulfonamides is 1. The predicted octanol–water partition coefficient (Wildman–Crippen LogP) is 4.68. The van der Waals surface area contributed by atoms with Crippen LogP contribution in [-0.4, -0.2) is 26.6 Å². The molecule has 3 aromatic carbocycles.